The second kappa shape index (κ2) is 6.34. The third-order valence-corrected chi connectivity index (χ3v) is 5.22. The number of nitrogens with zero attached hydrogens (tertiary/aromatic N) is 2. The van der Waals surface area contributed by atoms with Gasteiger partial charge in [-0.3, -0.25) is 9.59 Å². The minimum absolute atomic E-state index is 0.172. The van der Waals surface area contributed by atoms with E-state index in [1.807, 2.05) is 9.80 Å². The minimum atomic E-state index is 0.172. The molecule has 0 aromatic heterocycles. The van der Waals surface area contributed by atoms with Gasteiger partial charge in [0, 0.05) is 32.1 Å². The first-order valence-electron chi connectivity index (χ1n) is 8.58. The lowest BCUT2D eigenvalue weighted by atomic mass is 10.0. The quantitative estimate of drug-likeness (QED) is 0.858. The SMILES string of the molecule is Cc1ccc(C)c(CC(=O)N2CCN(C(=O)[C@@H]3C[C@H]3C)CC2)c1. The van der Waals surface area contributed by atoms with E-state index in [0.29, 0.717) is 44.4 Å². The molecule has 1 aromatic carbocycles. The van der Waals surface area contributed by atoms with Crippen molar-refractivity contribution in [2.75, 3.05) is 26.2 Å². The van der Waals surface area contributed by atoms with Crippen molar-refractivity contribution >= 4 is 11.8 Å². The molecule has 0 radical (unpaired) electrons. The lowest BCUT2D eigenvalue weighted by Crippen LogP contribution is -2.51. The zero-order chi connectivity index (χ0) is 16.6. The van der Waals surface area contributed by atoms with Crippen molar-refractivity contribution in [3.63, 3.8) is 0 Å². The molecule has 23 heavy (non-hydrogen) atoms. The van der Waals surface area contributed by atoms with Crippen LogP contribution in [-0.4, -0.2) is 47.8 Å². The number of aryl methyl sites for hydroxylation is 2. The maximum Gasteiger partial charge on any atom is 0.227 e. The maximum atomic E-state index is 12.5. The molecule has 2 amide bonds. The van der Waals surface area contributed by atoms with Crippen molar-refractivity contribution in [1.29, 1.82) is 0 Å². The van der Waals surface area contributed by atoms with Crippen molar-refractivity contribution in [3.05, 3.63) is 34.9 Å². The van der Waals surface area contributed by atoms with E-state index < -0.39 is 0 Å². The number of amides is 2. The monoisotopic (exact) mass is 314 g/mol. The molecule has 1 saturated carbocycles. The van der Waals surface area contributed by atoms with Gasteiger partial charge in [-0.2, -0.15) is 0 Å². The molecule has 2 aliphatic rings. The van der Waals surface area contributed by atoms with Gasteiger partial charge in [0.05, 0.1) is 6.42 Å². The van der Waals surface area contributed by atoms with Crippen molar-refractivity contribution in [3.8, 4) is 0 Å². The molecule has 4 heteroatoms. The minimum Gasteiger partial charge on any atom is -0.339 e. The highest BCUT2D eigenvalue weighted by atomic mass is 16.2. The molecule has 1 heterocycles. The average molecular weight is 314 g/mol. The summed E-state index contributed by atoms with van der Waals surface area (Å²) in [6, 6.07) is 6.25. The Morgan fingerprint density at radius 2 is 1.70 bits per heavy atom. The Bertz CT molecular complexity index is 618. The van der Waals surface area contributed by atoms with Crippen LogP contribution in [0.3, 0.4) is 0 Å². The maximum absolute atomic E-state index is 12.5. The van der Waals surface area contributed by atoms with Crippen molar-refractivity contribution in [1.82, 2.24) is 9.80 Å². The summed E-state index contributed by atoms with van der Waals surface area (Å²) >= 11 is 0. The van der Waals surface area contributed by atoms with Crippen LogP contribution in [0.15, 0.2) is 18.2 Å². The van der Waals surface area contributed by atoms with Crippen LogP contribution in [-0.2, 0) is 16.0 Å². The molecule has 4 nitrogen and oxygen atoms in total. The molecule has 1 aliphatic heterocycles. The van der Waals surface area contributed by atoms with Gasteiger partial charge in [0.15, 0.2) is 0 Å². The summed E-state index contributed by atoms with van der Waals surface area (Å²) in [7, 11) is 0. The number of hydrogen-bond donors (Lipinski definition) is 0. The van der Waals surface area contributed by atoms with Gasteiger partial charge in [0.1, 0.15) is 0 Å². The summed E-state index contributed by atoms with van der Waals surface area (Å²) in [5.74, 6) is 1.25. The number of rotatable bonds is 3. The van der Waals surface area contributed by atoms with E-state index >= 15 is 0 Å². The van der Waals surface area contributed by atoms with Gasteiger partial charge >= 0.3 is 0 Å². The lowest BCUT2D eigenvalue weighted by Gasteiger charge is -2.35. The summed E-state index contributed by atoms with van der Waals surface area (Å²) in [6.07, 6.45) is 1.49. The molecule has 1 aliphatic carbocycles. The predicted molar refractivity (Wildman–Crippen MR) is 90.1 cm³/mol. The Morgan fingerprint density at radius 3 is 2.30 bits per heavy atom. The van der Waals surface area contributed by atoms with E-state index in [9.17, 15) is 9.59 Å². The van der Waals surface area contributed by atoms with Crippen LogP contribution in [0.5, 0.6) is 0 Å². The second-order valence-corrected chi connectivity index (χ2v) is 7.13. The third-order valence-electron chi connectivity index (χ3n) is 5.22. The van der Waals surface area contributed by atoms with Crippen LogP contribution in [0.25, 0.3) is 0 Å². The van der Waals surface area contributed by atoms with Gasteiger partial charge in [0.25, 0.3) is 0 Å². The topological polar surface area (TPSA) is 40.6 Å². The molecule has 2 atom stereocenters. The first-order valence-corrected chi connectivity index (χ1v) is 8.58. The van der Waals surface area contributed by atoms with Gasteiger partial charge in [-0.25, -0.2) is 0 Å². The summed E-state index contributed by atoms with van der Waals surface area (Å²) in [4.78, 5) is 28.6. The van der Waals surface area contributed by atoms with Crippen molar-refractivity contribution < 1.29 is 9.59 Å². The Labute approximate surface area is 138 Å². The number of piperazine rings is 1. The first kappa shape index (κ1) is 16.0. The fraction of sp³-hybridized carbons (Fsp3) is 0.579. The molecule has 0 spiro atoms. The molecule has 3 rings (SSSR count). The standard InChI is InChI=1S/C19H26N2O2/c1-13-4-5-14(2)16(10-13)12-18(22)20-6-8-21(9-7-20)19(23)17-11-15(17)3/h4-5,10,15,17H,6-9,11-12H2,1-3H3/t15-,17-/m1/s1. The third kappa shape index (κ3) is 3.57. The smallest absolute Gasteiger partial charge is 0.227 e. The van der Waals surface area contributed by atoms with Crippen molar-refractivity contribution in [2.45, 2.75) is 33.6 Å². The molecule has 1 saturated heterocycles. The van der Waals surface area contributed by atoms with Crippen molar-refractivity contribution in [2.24, 2.45) is 11.8 Å². The predicted octanol–water partition coefficient (Wildman–Crippen LogP) is 2.17. The number of carbonyl (C=O) groups is 2. The highest BCUT2D eigenvalue weighted by Crippen LogP contribution is 2.39. The molecule has 0 bridgehead atoms. The largest absolute Gasteiger partial charge is 0.339 e. The summed E-state index contributed by atoms with van der Waals surface area (Å²) in [5.41, 5.74) is 3.47. The van der Waals surface area contributed by atoms with Crippen LogP contribution < -0.4 is 0 Å². The Morgan fingerprint density at radius 1 is 1.09 bits per heavy atom. The Hall–Kier alpha value is -1.84. The van der Waals surface area contributed by atoms with Gasteiger partial charge in [-0.15, -0.1) is 0 Å². The average Bonchev–Trinajstić information content (AvgIpc) is 3.27. The number of carbonyl (C=O) groups excluding carboxylic acids is 2. The zero-order valence-electron chi connectivity index (χ0n) is 14.3. The summed E-state index contributed by atoms with van der Waals surface area (Å²) in [6.45, 7) is 8.92. The lowest BCUT2D eigenvalue weighted by molar-refractivity contribution is -0.140. The molecule has 2 fully saturated rings. The van der Waals surface area contributed by atoms with Gasteiger partial charge < -0.3 is 9.80 Å². The Kier molecular flexibility index (Phi) is 4.42. The molecular formula is C19H26N2O2. The normalized spacial score (nSPS) is 23.8. The van der Waals surface area contributed by atoms with E-state index in [1.165, 1.54) is 11.1 Å². The van der Waals surface area contributed by atoms with E-state index in [0.717, 1.165) is 12.0 Å². The second-order valence-electron chi connectivity index (χ2n) is 7.13. The highest BCUT2D eigenvalue weighted by molar-refractivity contribution is 5.82. The van der Waals surface area contributed by atoms with Crippen LogP contribution in [0, 0.1) is 25.7 Å². The van der Waals surface area contributed by atoms with Crippen LogP contribution >= 0.6 is 0 Å². The van der Waals surface area contributed by atoms with E-state index in [4.69, 9.17) is 0 Å². The molecular weight excluding hydrogens is 288 g/mol. The summed E-state index contributed by atoms with van der Waals surface area (Å²) < 4.78 is 0. The zero-order valence-corrected chi connectivity index (χ0v) is 14.3. The van der Waals surface area contributed by atoms with E-state index in [1.54, 1.807) is 0 Å². The number of hydrogen-bond acceptors (Lipinski definition) is 2. The van der Waals surface area contributed by atoms with Crippen LogP contribution in [0.4, 0.5) is 0 Å². The molecule has 0 N–H and O–H groups in total. The van der Waals surface area contributed by atoms with E-state index in [-0.39, 0.29) is 11.8 Å². The fourth-order valence-electron chi connectivity index (χ4n) is 3.34. The number of benzene rings is 1. The van der Waals surface area contributed by atoms with Crippen LogP contribution in [0.1, 0.15) is 30.0 Å². The van der Waals surface area contributed by atoms with Gasteiger partial charge in [-0.05, 0) is 37.3 Å². The fourth-order valence-corrected chi connectivity index (χ4v) is 3.34. The first-order chi connectivity index (χ1) is 11.0. The highest BCUT2D eigenvalue weighted by Gasteiger charge is 2.42. The van der Waals surface area contributed by atoms with Gasteiger partial charge in [0.2, 0.25) is 11.8 Å². The van der Waals surface area contributed by atoms with Gasteiger partial charge in [-0.1, -0.05) is 30.7 Å². The molecule has 0 unspecified atom stereocenters. The summed E-state index contributed by atoms with van der Waals surface area (Å²) in [5, 5.41) is 0. The Balaban J connectivity index is 1.54. The van der Waals surface area contributed by atoms with Crippen LogP contribution in [0.2, 0.25) is 0 Å². The molecule has 1 aromatic rings. The molecule has 124 valence electrons. The van der Waals surface area contributed by atoms with E-state index in [2.05, 4.69) is 39.0 Å².